The van der Waals surface area contributed by atoms with Gasteiger partial charge in [0.05, 0.1) is 7.11 Å². The predicted molar refractivity (Wildman–Crippen MR) is 196 cm³/mol. The predicted octanol–water partition coefficient (Wildman–Crippen LogP) is 8.12. The van der Waals surface area contributed by atoms with Gasteiger partial charge in [-0.15, -0.1) is 0 Å². The summed E-state index contributed by atoms with van der Waals surface area (Å²) in [5.41, 5.74) is 7.68. The van der Waals surface area contributed by atoms with Crippen LogP contribution in [-0.4, -0.2) is 42.8 Å². The Morgan fingerprint density at radius 1 is 0.729 bits per heavy atom. The number of anilines is 1. The first kappa shape index (κ1) is 34.2. The Balaban J connectivity index is 1.49. The molecule has 1 N–H and O–H groups in total. The number of thioether (sulfide) groups is 1. The highest BCUT2D eigenvalue weighted by molar-refractivity contribution is 7.98. The molecule has 0 heterocycles. The molecule has 0 aliphatic rings. The SMILES string of the molecule is COC(=O)C(CCSC)NC(=O)c1ccc(CN(Cc2ccccc2)c2ccc(C(=O)c3ccccc3)cc2)cc1-c1ccccc1C. The van der Waals surface area contributed by atoms with Crippen LogP contribution in [0.1, 0.15) is 49.4 Å². The fourth-order valence-electron chi connectivity index (χ4n) is 5.69. The molecule has 0 aromatic heterocycles. The van der Waals surface area contributed by atoms with Crippen LogP contribution in [0.5, 0.6) is 0 Å². The quantitative estimate of drug-likeness (QED) is 0.0961. The first-order valence-corrected chi connectivity index (χ1v) is 17.3. The molecule has 0 fully saturated rings. The van der Waals surface area contributed by atoms with Gasteiger partial charge in [-0.25, -0.2) is 4.79 Å². The van der Waals surface area contributed by atoms with Gasteiger partial charge in [0.25, 0.3) is 5.91 Å². The average molecular weight is 657 g/mol. The molecule has 6 nitrogen and oxygen atoms in total. The molecule has 1 amide bonds. The summed E-state index contributed by atoms with van der Waals surface area (Å²) in [6.45, 7) is 3.23. The number of amides is 1. The molecule has 1 atom stereocenters. The number of carbonyl (C=O) groups excluding carboxylic acids is 3. The Kier molecular flexibility index (Phi) is 11.8. The molecule has 244 valence electrons. The van der Waals surface area contributed by atoms with Crippen molar-refractivity contribution in [3.8, 4) is 11.1 Å². The van der Waals surface area contributed by atoms with E-state index in [0.29, 0.717) is 42.0 Å². The first-order chi connectivity index (χ1) is 23.4. The van der Waals surface area contributed by atoms with Gasteiger partial charge < -0.3 is 15.0 Å². The van der Waals surface area contributed by atoms with Gasteiger partial charge in [0.2, 0.25) is 0 Å². The zero-order valence-corrected chi connectivity index (χ0v) is 28.3. The number of hydrogen-bond donors (Lipinski definition) is 1. The lowest BCUT2D eigenvalue weighted by molar-refractivity contribution is -0.142. The van der Waals surface area contributed by atoms with Gasteiger partial charge in [-0.1, -0.05) is 91.0 Å². The van der Waals surface area contributed by atoms with Crippen molar-refractivity contribution >= 4 is 35.1 Å². The first-order valence-electron chi connectivity index (χ1n) is 15.9. The minimum absolute atomic E-state index is 0.0172. The largest absolute Gasteiger partial charge is 0.467 e. The number of benzene rings is 5. The lowest BCUT2D eigenvalue weighted by Crippen LogP contribution is -2.42. The molecule has 0 spiro atoms. The highest BCUT2D eigenvalue weighted by atomic mass is 32.2. The Bertz CT molecular complexity index is 1840. The molecule has 1 unspecified atom stereocenters. The summed E-state index contributed by atoms with van der Waals surface area (Å²) in [5, 5.41) is 2.93. The van der Waals surface area contributed by atoms with Crippen molar-refractivity contribution in [2.75, 3.05) is 24.0 Å². The molecule has 0 bridgehead atoms. The third-order valence-corrected chi connectivity index (χ3v) is 8.93. The molecular formula is C41H40N2O4S. The third kappa shape index (κ3) is 8.60. The van der Waals surface area contributed by atoms with Crippen molar-refractivity contribution in [2.24, 2.45) is 0 Å². The normalized spacial score (nSPS) is 11.4. The van der Waals surface area contributed by atoms with E-state index in [-0.39, 0.29) is 11.7 Å². The number of ether oxygens (including phenoxy) is 1. The van der Waals surface area contributed by atoms with Gasteiger partial charge in [0, 0.05) is 35.5 Å². The molecule has 0 saturated carbocycles. The summed E-state index contributed by atoms with van der Waals surface area (Å²) in [4.78, 5) is 41.6. The lowest BCUT2D eigenvalue weighted by Gasteiger charge is -2.26. The van der Waals surface area contributed by atoms with Crippen molar-refractivity contribution in [3.63, 3.8) is 0 Å². The van der Waals surface area contributed by atoms with E-state index in [0.717, 1.165) is 33.5 Å². The van der Waals surface area contributed by atoms with Crippen molar-refractivity contribution in [3.05, 3.63) is 161 Å². The van der Waals surface area contributed by atoms with Gasteiger partial charge in [-0.05, 0) is 89.6 Å². The topological polar surface area (TPSA) is 75.7 Å². The zero-order chi connectivity index (χ0) is 33.9. The summed E-state index contributed by atoms with van der Waals surface area (Å²) in [6, 6.07) is 40.4. The van der Waals surface area contributed by atoms with E-state index in [4.69, 9.17) is 4.74 Å². The van der Waals surface area contributed by atoms with E-state index in [1.54, 1.807) is 11.8 Å². The average Bonchev–Trinajstić information content (AvgIpc) is 3.13. The van der Waals surface area contributed by atoms with Crippen molar-refractivity contribution in [2.45, 2.75) is 32.5 Å². The molecule has 5 aromatic rings. The minimum atomic E-state index is -0.738. The number of nitrogens with one attached hydrogen (secondary N) is 1. The van der Waals surface area contributed by atoms with Crippen LogP contribution in [0.2, 0.25) is 0 Å². The summed E-state index contributed by atoms with van der Waals surface area (Å²) >= 11 is 1.61. The van der Waals surface area contributed by atoms with Crippen LogP contribution >= 0.6 is 11.8 Å². The molecule has 7 heteroatoms. The minimum Gasteiger partial charge on any atom is -0.467 e. The number of rotatable bonds is 14. The van der Waals surface area contributed by atoms with Crippen LogP contribution in [0.4, 0.5) is 5.69 Å². The number of carbonyl (C=O) groups is 3. The lowest BCUT2D eigenvalue weighted by atomic mass is 9.93. The van der Waals surface area contributed by atoms with E-state index in [2.05, 4.69) is 28.4 Å². The Morgan fingerprint density at radius 3 is 2.02 bits per heavy atom. The summed E-state index contributed by atoms with van der Waals surface area (Å²) in [5.74, 6) is -0.0885. The van der Waals surface area contributed by atoms with E-state index in [9.17, 15) is 14.4 Å². The maximum atomic E-state index is 13.8. The summed E-state index contributed by atoms with van der Waals surface area (Å²) in [7, 11) is 1.34. The fraction of sp³-hybridized carbons (Fsp3) is 0.195. The number of methoxy groups -OCH3 is 1. The highest BCUT2D eigenvalue weighted by Gasteiger charge is 2.24. The van der Waals surface area contributed by atoms with Crippen LogP contribution in [0.15, 0.2) is 127 Å². The smallest absolute Gasteiger partial charge is 0.328 e. The number of hydrogen-bond acceptors (Lipinski definition) is 6. The van der Waals surface area contributed by atoms with Crippen LogP contribution in [0.25, 0.3) is 11.1 Å². The van der Waals surface area contributed by atoms with E-state index in [1.165, 1.54) is 7.11 Å². The Hall–Kier alpha value is -5.14. The zero-order valence-electron chi connectivity index (χ0n) is 27.5. The van der Waals surface area contributed by atoms with E-state index in [1.807, 2.05) is 122 Å². The number of nitrogens with zero attached hydrogens (tertiary/aromatic N) is 1. The van der Waals surface area contributed by atoms with Crippen molar-refractivity contribution < 1.29 is 19.1 Å². The second-order valence-corrected chi connectivity index (χ2v) is 12.6. The van der Waals surface area contributed by atoms with E-state index < -0.39 is 12.0 Å². The standard InChI is InChI=1S/C41H40N2O4S/c1-29-12-10-11-17-35(29)37-26-31(18-23-36(37)40(45)42-38(24-25-48-3)41(46)47-2)28-43(27-30-13-6-4-7-14-30)34-21-19-33(20-22-34)39(44)32-15-8-5-9-16-32/h4-23,26,38H,24-25,27-28H2,1-3H3,(H,42,45). The molecule has 5 aromatic carbocycles. The van der Waals surface area contributed by atoms with Crippen LogP contribution in [0.3, 0.4) is 0 Å². The molecule has 0 aliphatic carbocycles. The third-order valence-electron chi connectivity index (χ3n) is 8.29. The molecular weight excluding hydrogens is 617 g/mol. The van der Waals surface area contributed by atoms with Gasteiger partial charge in [-0.3, -0.25) is 9.59 Å². The second kappa shape index (κ2) is 16.6. The molecule has 48 heavy (non-hydrogen) atoms. The summed E-state index contributed by atoms with van der Waals surface area (Å²) in [6.07, 6.45) is 2.44. The Labute approximate surface area is 287 Å². The van der Waals surface area contributed by atoms with Gasteiger partial charge in [0.1, 0.15) is 6.04 Å². The van der Waals surface area contributed by atoms with Crippen molar-refractivity contribution in [1.29, 1.82) is 0 Å². The fourth-order valence-corrected chi connectivity index (χ4v) is 6.16. The van der Waals surface area contributed by atoms with Crippen LogP contribution in [0, 0.1) is 6.92 Å². The van der Waals surface area contributed by atoms with Gasteiger partial charge >= 0.3 is 5.97 Å². The van der Waals surface area contributed by atoms with Gasteiger partial charge in [-0.2, -0.15) is 11.8 Å². The second-order valence-electron chi connectivity index (χ2n) is 11.6. The van der Waals surface area contributed by atoms with E-state index >= 15 is 0 Å². The number of aryl methyl sites for hydroxylation is 1. The molecule has 0 aliphatic heterocycles. The maximum Gasteiger partial charge on any atom is 0.328 e. The van der Waals surface area contributed by atoms with Crippen molar-refractivity contribution in [1.82, 2.24) is 5.32 Å². The monoisotopic (exact) mass is 656 g/mol. The molecule has 0 radical (unpaired) electrons. The Morgan fingerprint density at radius 2 is 1.35 bits per heavy atom. The molecule has 5 rings (SSSR count). The molecule has 0 saturated heterocycles. The highest BCUT2D eigenvalue weighted by Crippen LogP contribution is 2.30. The van der Waals surface area contributed by atoms with Crippen LogP contribution < -0.4 is 10.2 Å². The number of ketones is 1. The number of esters is 1. The maximum absolute atomic E-state index is 13.8. The summed E-state index contributed by atoms with van der Waals surface area (Å²) < 4.78 is 4.99. The van der Waals surface area contributed by atoms with Crippen LogP contribution in [-0.2, 0) is 22.6 Å². The van der Waals surface area contributed by atoms with Gasteiger partial charge in [0.15, 0.2) is 5.78 Å².